The highest BCUT2D eigenvalue weighted by atomic mass is 32.4. The van der Waals surface area contributed by atoms with Crippen molar-refractivity contribution in [3.63, 3.8) is 0 Å². The fourth-order valence-electron chi connectivity index (χ4n) is 1.10. The quantitative estimate of drug-likeness (QED) is 0.692. The number of rotatable bonds is 3. The van der Waals surface area contributed by atoms with Crippen LogP contribution in [-0.2, 0) is 0 Å². The predicted octanol–water partition coefficient (Wildman–Crippen LogP) is 1.24. The van der Waals surface area contributed by atoms with E-state index in [1.165, 1.54) is 11.5 Å². The molecule has 1 aliphatic heterocycles. The molecular formula is C9H12S2Si. The highest BCUT2D eigenvalue weighted by Crippen LogP contribution is 2.27. The zero-order chi connectivity index (χ0) is 8.23. The van der Waals surface area contributed by atoms with Gasteiger partial charge in [0.15, 0.2) is 0 Å². The van der Waals surface area contributed by atoms with Gasteiger partial charge in [-0.2, -0.15) is 23.0 Å². The Kier molecular flexibility index (Phi) is 3.19. The summed E-state index contributed by atoms with van der Waals surface area (Å²) in [5, 5.41) is 2.58. The van der Waals surface area contributed by atoms with E-state index in [4.69, 9.17) is 0 Å². The molecule has 0 nitrogen and oxygen atoms in total. The van der Waals surface area contributed by atoms with Crippen LogP contribution in [0.4, 0.5) is 0 Å². The standard InChI is InChI=1S/C9H12S2Si/c1-2-4-9(5-3-1)12-11-8-6-10-7-8/h1-5,8H,6-7,12H2. The van der Waals surface area contributed by atoms with Gasteiger partial charge in [-0.1, -0.05) is 35.5 Å². The smallest absolute Gasteiger partial charge is 0.117 e. The first-order valence-electron chi connectivity index (χ1n) is 4.18. The Hall–Kier alpha value is 0.137. The molecule has 0 saturated carbocycles. The third-order valence-electron chi connectivity index (χ3n) is 1.94. The van der Waals surface area contributed by atoms with Crippen LogP contribution in [0.25, 0.3) is 0 Å². The third-order valence-corrected chi connectivity index (χ3v) is 8.32. The van der Waals surface area contributed by atoms with Crippen molar-refractivity contribution in [1.29, 1.82) is 0 Å². The molecule has 1 fully saturated rings. The van der Waals surface area contributed by atoms with Crippen LogP contribution in [0.2, 0.25) is 0 Å². The van der Waals surface area contributed by atoms with Crippen molar-refractivity contribution < 1.29 is 0 Å². The molecule has 0 radical (unpaired) electrons. The van der Waals surface area contributed by atoms with Crippen LogP contribution in [0, 0.1) is 0 Å². The summed E-state index contributed by atoms with van der Waals surface area (Å²) < 4.78 is 0. The Morgan fingerprint density at radius 1 is 1.25 bits per heavy atom. The summed E-state index contributed by atoms with van der Waals surface area (Å²) >= 11 is 4.32. The van der Waals surface area contributed by atoms with Crippen LogP contribution in [0.3, 0.4) is 0 Å². The van der Waals surface area contributed by atoms with Crippen molar-refractivity contribution in [1.82, 2.24) is 0 Å². The molecule has 1 heterocycles. The van der Waals surface area contributed by atoms with Gasteiger partial charge < -0.3 is 0 Å². The maximum atomic E-state index is 2.27. The van der Waals surface area contributed by atoms with Gasteiger partial charge in [-0.3, -0.25) is 0 Å². The van der Waals surface area contributed by atoms with Gasteiger partial charge in [-0.15, -0.1) is 0 Å². The van der Waals surface area contributed by atoms with Crippen LogP contribution < -0.4 is 5.19 Å². The Morgan fingerprint density at radius 3 is 2.58 bits per heavy atom. The summed E-state index contributed by atoms with van der Waals surface area (Å²) in [7, 11) is -0.0153. The summed E-state index contributed by atoms with van der Waals surface area (Å²) in [5.74, 6) is 2.79. The molecular weight excluding hydrogens is 200 g/mol. The third kappa shape index (κ3) is 2.31. The van der Waals surface area contributed by atoms with Crippen molar-refractivity contribution in [3.8, 4) is 0 Å². The van der Waals surface area contributed by atoms with E-state index < -0.39 is 0 Å². The van der Waals surface area contributed by atoms with Crippen molar-refractivity contribution in [2.24, 2.45) is 0 Å². The van der Waals surface area contributed by atoms with E-state index in [0.29, 0.717) is 0 Å². The van der Waals surface area contributed by atoms with E-state index in [1.54, 1.807) is 5.19 Å². The molecule has 12 heavy (non-hydrogen) atoms. The molecule has 3 heteroatoms. The molecule has 0 amide bonds. The zero-order valence-electron chi connectivity index (χ0n) is 6.90. The van der Waals surface area contributed by atoms with Crippen molar-refractivity contribution >= 4 is 36.8 Å². The Bertz CT molecular complexity index is 234. The van der Waals surface area contributed by atoms with E-state index in [1.807, 2.05) is 0 Å². The van der Waals surface area contributed by atoms with E-state index in [-0.39, 0.29) is 8.67 Å². The molecule has 0 atom stereocenters. The van der Waals surface area contributed by atoms with Crippen molar-refractivity contribution in [3.05, 3.63) is 30.3 Å². The van der Waals surface area contributed by atoms with E-state index in [9.17, 15) is 0 Å². The minimum atomic E-state index is -0.0153. The maximum Gasteiger partial charge on any atom is 0.117 e. The molecule has 64 valence electrons. The summed E-state index contributed by atoms with van der Waals surface area (Å²) in [6, 6.07) is 10.9. The van der Waals surface area contributed by atoms with Crippen molar-refractivity contribution in [2.45, 2.75) is 5.25 Å². The van der Waals surface area contributed by atoms with Gasteiger partial charge in [0.1, 0.15) is 8.67 Å². The van der Waals surface area contributed by atoms with Gasteiger partial charge in [-0.05, 0) is 0 Å². The van der Waals surface area contributed by atoms with Gasteiger partial charge in [0.25, 0.3) is 0 Å². The average Bonchev–Trinajstić information content (AvgIpc) is 2.04. The lowest BCUT2D eigenvalue weighted by atomic mass is 10.4. The molecule has 0 aliphatic carbocycles. The first-order valence-corrected chi connectivity index (χ1v) is 8.83. The Balaban J connectivity index is 1.79. The van der Waals surface area contributed by atoms with Gasteiger partial charge in [-0.25, -0.2) is 0 Å². The van der Waals surface area contributed by atoms with Crippen LogP contribution >= 0.6 is 23.0 Å². The fraction of sp³-hybridized carbons (Fsp3) is 0.333. The number of benzene rings is 1. The van der Waals surface area contributed by atoms with Crippen molar-refractivity contribution in [2.75, 3.05) is 11.5 Å². The lowest BCUT2D eigenvalue weighted by Crippen LogP contribution is -2.24. The monoisotopic (exact) mass is 212 g/mol. The maximum absolute atomic E-state index is 2.27. The lowest BCUT2D eigenvalue weighted by molar-refractivity contribution is 1.09. The number of hydrogen-bond donors (Lipinski definition) is 0. The van der Waals surface area contributed by atoms with Crippen LogP contribution in [0.15, 0.2) is 30.3 Å². The SMILES string of the molecule is c1ccc([SiH2]SC2CSC2)cc1. The second-order valence-corrected chi connectivity index (χ2v) is 8.00. The number of thioether (sulfide) groups is 1. The molecule has 0 aromatic heterocycles. The molecule has 0 bridgehead atoms. The van der Waals surface area contributed by atoms with Gasteiger partial charge >= 0.3 is 0 Å². The van der Waals surface area contributed by atoms with Crippen LogP contribution in [0.5, 0.6) is 0 Å². The van der Waals surface area contributed by atoms with E-state index in [0.717, 1.165) is 5.25 Å². The number of hydrogen-bond acceptors (Lipinski definition) is 2. The zero-order valence-corrected chi connectivity index (χ0v) is 9.95. The second-order valence-electron chi connectivity index (χ2n) is 2.96. The molecule has 0 N–H and O–H groups in total. The largest absolute Gasteiger partial charge is 0.183 e. The Morgan fingerprint density at radius 2 is 2.00 bits per heavy atom. The summed E-state index contributed by atoms with van der Waals surface area (Å²) in [4.78, 5) is 0. The van der Waals surface area contributed by atoms with E-state index >= 15 is 0 Å². The van der Waals surface area contributed by atoms with Gasteiger partial charge in [0.05, 0.1) is 0 Å². The highest BCUT2D eigenvalue weighted by molar-refractivity contribution is 8.25. The molecule has 1 saturated heterocycles. The first kappa shape index (κ1) is 8.72. The van der Waals surface area contributed by atoms with Gasteiger partial charge in [0, 0.05) is 16.8 Å². The second kappa shape index (κ2) is 4.39. The normalized spacial score (nSPS) is 18.3. The average molecular weight is 212 g/mol. The molecule has 0 spiro atoms. The highest BCUT2D eigenvalue weighted by Gasteiger charge is 2.17. The van der Waals surface area contributed by atoms with Gasteiger partial charge in [0.2, 0.25) is 0 Å². The minimum Gasteiger partial charge on any atom is -0.183 e. The van der Waals surface area contributed by atoms with E-state index in [2.05, 4.69) is 53.3 Å². The Labute approximate surface area is 84.0 Å². The molecule has 1 aliphatic rings. The fourth-order valence-corrected chi connectivity index (χ4v) is 7.36. The predicted molar refractivity (Wildman–Crippen MR) is 63.3 cm³/mol. The summed E-state index contributed by atoms with van der Waals surface area (Å²) in [5.41, 5.74) is 0. The molecule has 1 aromatic rings. The van der Waals surface area contributed by atoms with Crippen LogP contribution in [-0.4, -0.2) is 25.4 Å². The summed E-state index contributed by atoms with van der Waals surface area (Å²) in [6.45, 7) is 0. The summed E-state index contributed by atoms with van der Waals surface area (Å²) in [6.07, 6.45) is 0. The molecule has 2 rings (SSSR count). The molecule has 0 unspecified atom stereocenters. The minimum absolute atomic E-state index is 0.0153. The first-order chi connectivity index (χ1) is 5.95. The van der Waals surface area contributed by atoms with Crippen LogP contribution in [0.1, 0.15) is 0 Å². The molecule has 1 aromatic carbocycles. The lowest BCUT2D eigenvalue weighted by Gasteiger charge is -2.24. The topological polar surface area (TPSA) is 0 Å².